The average Bonchev–Trinajstić information content (AvgIpc) is 3.08. The lowest BCUT2D eigenvalue weighted by molar-refractivity contribution is -0.188. The first kappa shape index (κ1) is 15.0. The Morgan fingerprint density at radius 3 is 2.33 bits per heavy atom. The van der Waals surface area contributed by atoms with Gasteiger partial charge in [0.1, 0.15) is 5.76 Å². The highest BCUT2D eigenvalue weighted by Gasteiger charge is 2.41. The predicted octanol–water partition coefficient (Wildman–Crippen LogP) is 2.87. The maximum Gasteiger partial charge on any atom is 0.211 e. The molecule has 0 bridgehead atoms. The van der Waals surface area contributed by atoms with Crippen molar-refractivity contribution >= 4 is 0 Å². The van der Waals surface area contributed by atoms with Crippen LogP contribution in [0.1, 0.15) is 58.2 Å². The van der Waals surface area contributed by atoms with Crippen molar-refractivity contribution in [2.45, 2.75) is 57.8 Å². The zero-order valence-corrected chi connectivity index (χ0v) is 13.5. The Labute approximate surface area is 126 Å². The van der Waals surface area contributed by atoms with Gasteiger partial charge in [-0.1, -0.05) is 20.8 Å². The van der Waals surface area contributed by atoms with Gasteiger partial charge in [-0.2, -0.15) is 0 Å². The highest BCUT2D eigenvalue weighted by molar-refractivity contribution is 5.07. The van der Waals surface area contributed by atoms with Crippen molar-refractivity contribution in [2.75, 3.05) is 26.3 Å². The SMILES string of the molecule is C[C@@H](c1ncc(C(C)(C)C)o1)N1CCC2(CC1)OCCO2. The number of ether oxygens (including phenoxy) is 2. The molecular formula is C16H26N2O3. The van der Waals surface area contributed by atoms with Crippen LogP contribution in [0.5, 0.6) is 0 Å². The van der Waals surface area contributed by atoms with E-state index >= 15 is 0 Å². The molecule has 1 aromatic heterocycles. The molecule has 1 atom stereocenters. The van der Waals surface area contributed by atoms with Gasteiger partial charge in [0.2, 0.25) is 5.89 Å². The predicted molar refractivity (Wildman–Crippen MR) is 79.1 cm³/mol. The van der Waals surface area contributed by atoms with Crippen LogP contribution in [0, 0.1) is 0 Å². The largest absolute Gasteiger partial charge is 0.443 e. The smallest absolute Gasteiger partial charge is 0.211 e. The number of likely N-dealkylation sites (tertiary alicyclic amines) is 1. The van der Waals surface area contributed by atoms with Gasteiger partial charge in [-0.25, -0.2) is 4.98 Å². The number of piperidine rings is 1. The Bertz CT molecular complexity index is 476. The Balaban J connectivity index is 1.63. The van der Waals surface area contributed by atoms with Crippen LogP contribution in [-0.2, 0) is 14.9 Å². The molecule has 0 amide bonds. The van der Waals surface area contributed by atoms with E-state index in [-0.39, 0.29) is 17.2 Å². The lowest BCUT2D eigenvalue weighted by Crippen LogP contribution is -2.45. The molecule has 2 fully saturated rings. The first-order valence-corrected chi connectivity index (χ1v) is 7.88. The fourth-order valence-corrected chi connectivity index (χ4v) is 3.02. The van der Waals surface area contributed by atoms with Gasteiger partial charge >= 0.3 is 0 Å². The van der Waals surface area contributed by atoms with Gasteiger partial charge < -0.3 is 13.9 Å². The van der Waals surface area contributed by atoms with E-state index in [0.717, 1.165) is 50.8 Å². The molecule has 0 N–H and O–H groups in total. The fourth-order valence-electron chi connectivity index (χ4n) is 3.02. The Morgan fingerprint density at radius 1 is 1.19 bits per heavy atom. The van der Waals surface area contributed by atoms with E-state index in [4.69, 9.17) is 13.9 Å². The number of hydrogen-bond acceptors (Lipinski definition) is 5. The topological polar surface area (TPSA) is 47.7 Å². The van der Waals surface area contributed by atoms with Crippen LogP contribution in [0.15, 0.2) is 10.6 Å². The molecule has 0 radical (unpaired) electrons. The molecule has 0 aliphatic carbocycles. The molecular weight excluding hydrogens is 268 g/mol. The molecule has 0 unspecified atom stereocenters. The van der Waals surface area contributed by atoms with Gasteiger partial charge in [-0.3, -0.25) is 4.90 Å². The average molecular weight is 294 g/mol. The van der Waals surface area contributed by atoms with Crippen LogP contribution in [0.4, 0.5) is 0 Å². The van der Waals surface area contributed by atoms with Gasteiger partial charge in [0.15, 0.2) is 5.79 Å². The molecule has 0 saturated carbocycles. The van der Waals surface area contributed by atoms with Crippen molar-refractivity contribution in [3.05, 3.63) is 17.8 Å². The van der Waals surface area contributed by atoms with Gasteiger partial charge in [-0.15, -0.1) is 0 Å². The Hall–Kier alpha value is -0.910. The van der Waals surface area contributed by atoms with E-state index < -0.39 is 0 Å². The molecule has 5 heteroatoms. The fraction of sp³-hybridized carbons (Fsp3) is 0.812. The summed E-state index contributed by atoms with van der Waals surface area (Å²) in [6.07, 6.45) is 3.70. The first-order chi connectivity index (χ1) is 9.90. The molecule has 3 rings (SSSR count). The Kier molecular flexibility index (Phi) is 3.84. The van der Waals surface area contributed by atoms with E-state index in [1.54, 1.807) is 0 Å². The van der Waals surface area contributed by atoms with Crippen LogP contribution in [0.2, 0.25) is 0 Å². The van der Waals surface area contributed by atoms with Gasteiger partial charge in [0, 0.05) is 31.3 Å². The van der Waals surface area contributed by atoms with E-state index in [1.807, 2.05) is 6.20 Å². The minimum atomic E-state index is -0.316. The molecule has 21 heavy (non-hydrogen) atoms. The zero-order chi connectivity index (χ0) is 15.1. The molecule has 3 heterocycles. The summed E-state index contributed by atoms with van der Waals surface area (Å²) in [5.74, 6) is 1.44. The van der Waals surface area contributed by atoms with E-state index in [2.05, 4.69) is 37.6 Å². The maximum atomic E-state index is 5.96. The summed E-state index contributed by atoms with van der Waals surface area (Å²) in [5, 5.41) is 0. The van der Waals surface area contributed by atoms with Crippen LogP contribution in [0.25, 0.3) is 0 Å². The van der Waals surface area contributed by atoms with E-state index in [0.29, 0.717) is 0 Å². The molecule has 0 aromatic carbocycles. The summed E-state index contributed by atoms with van der Waals surface area (Å²) in [6.45, 7) is 11.9. The molecule has 2 aliphatic rings. The highest BCUT2D eigenvalue weighted by Crippen LogP contribution is 2.35. The molecule has 2 aliphatic heterocycles. The number of nitrogens with zero attached hydrogens (tertiary/aromatic N) is 2. The van der Waals surface area contributed by atoms with Crippen molar-refractivity contribution in [3.8, 4) is 0 Å². The summed E-state index contributed by atoms with van der Waals surface area (Å²) in [5.41, 5.74) is 0.00243. The summed E-state index contributed by atoms with van der Waals surface area (Å²) in [4.78, 5) is 6.87. The summed E-state index contributed by atoms with van der Waals surface area (Å²) >= 11 is 0. The van der Waals surface area contributed by atoms with Crippen molar-refractivity contribution in [1.82, 2.24) is 9.88 Å². The van der Waals surface area contributed by atoms with Crippen LogP contribution in [0.3, 0.4) is 0 Å². The van der Waals surface area contributed by atoms with Gasteiger partial charge in [-0.05, 0) is 6.92 Å². The molecule has 1 spiro atoms. The van der Waals surface area contributed by atoms with Crippen molar-refractivity contribution in [3.63, 3.8) is 0 Å². The van der Waals surface area contributed by atoms with Crippen LogP contribution >= 0.6 is 0 Å². The van der Waals surface area contributed by atoms with Crippen molar-refractivity contribution < 1.29 is 13.9 Å². The van der Waals surface area contributed by atoms with Crippen molar-refractivity contribution in [1.29, 1.82) is 0 Å². The van der Waals surface area contributed by atoms with E-state index in [1.165, 1.54) is 0 Å². The van der Waals surface area contributed by atoms with Gasteiger partial charge in [0.25, 0.3) is 0 Å². The lowest BCUT2D eigenvalue weighted by atomic mass is 9.94. The van der Waals surface area contributed by atoms with E-state index in [9.17, 15) is 0 Å². The molecule has 2 saturated heterocycles. The minimum absolute atomic E-state index is 0.00243. The number of hydrogen-bond donors (Lipinski definition) is 0. The number of rotatable bonds is 2. The lowest BCUT2D eigenvalue weighted by Gasteiger charge is -2.39. The Morgan fingerprint density at radius 2 is 1.81 bits per heavy atom. The first-order valence-electron chi connectivity index (χ1n) is 7.88. The molecule has 5 nitrogen and oxygen atoms in total. The standard InChI is InChI=1S/C16H26N2O3/c1-12(14-17-11-13(21-14)15(2,3)4)18-7-5-16(6-8-18)19-9-10-20-16/h11-12H,5-10H2,1-4H3/t12-/m0/s1. The maximum absolute atomic E-state index is 5.96. The highest BCUT2D eigenvalue weighted by atomic mass is 16.7. The quantitative estimate of drug-likeness (QED) is 0.839. The second-order valence-electron chi connectivity index (χ2n) is 7.13. The van der Waals surface area contributed by atoms with Crippen LogP contribution in [-0.4, -0.2) is 42.0 Å². The second-order valence-corrected chi connectivity index (χ2v) is 7.13. The summed E-state index contributed by atoms with van der Waals surface area (Å²) in [7, 11) is 0. The number of oxazole rings is 1. The summed E-state index contributed by atoms with van der Waals surface area (Å²) < 4.78 is 17.5. The van der Waals surface area contributed by atoms with Crippen molar-refractivity contribution in [2.24, 2.45) is 0 Å². The molecule has 1 aromatic rings. The summed E-state index contributed by atoms with van der Waals surface area (Å²) in [6, 6.07) is 0.194. The zero-order valence-electron chi connectivity index (χ0n) is 13.5. The number of aromatic nitrogens is 1. The normalized spacial score (nSPS) is 24.6. The third kappa shape index (κ3) is 3.00. The third-order valence-electron chi connectivity index (χ3n) is 4.54. The second kappa shape index (κ2) is 5.38. The monoisotopic (exact) mass is 294 g/mol. The molecule has 118 valence electrons. The van der Waals surface area contributed by atoms with Gasteiger partial charge in [0.05, 0.1) is 25.5 Å². The third-order valence-corrected chi connectivity index (χ3v) is 4.54. The van der Waals surface area contributed by atoms with Crippen LogP contribution < -0.4 is 0 Å². The minimum Gasteiger partial charge on any atom is -0.443 e.